The van der Waals surface area contributed by atoms with Gasteiger partial charge in [-0.05, 0) is 38.4 Å². The molecular weight excluding hydrogens is 186 g/mol. The highest BCUT2D eigenvalue weighted by atomic mass is 15.2. The van der Waals surface area contributed by atoms with E-state index in [4.69, 9.17) is 0 Å². The van der Waals surface area contributed by atoms with Gasteiger partial charge in [-0.15, -0.1) is 0 Å². The molecule has 1 aliphatic carbocycles. The zero-order valence-electron chi connectivity index (χ0n) is 9.53. The topological polar surface area (TPSA) is 28.2 Å². The minimum atomic E-state index is 0.759. The molecule has 0 saturated heterocycles. The van der Waals surface area contributed by atoms with E-state index in [1.807, 2.05) is 19.4 Å². The van der Waals surface area contributed by atoms with Crippen molar-refractivity contribution in [2.45, 2.75) is 32.4 Å². The predicted octanol–water partition coefficient (Wildman–Crippen LogP) is 1.79. The number of anilines is 1. The van der Waals surface area contributed by atoms with Gasteiger partial charge in [0.25, 0.3) is 0 Å². The zero-order valence-corrected chi connectivity index (χ0v) is 9.53. The molecular formula is C12H19N3. The standard InChI is InChI=1S/C12H19N3/c1-3-15(11-4-5-11)12-9-14-7-6-10(12)8-13-2/h6-7,9,11,13H,3-5,8H2,1-2H3. The van der Waals surface area contributed by atoms with Gasteiger partial charge in [-0.3, -0.25) is 4.98 Å². The fourth-order valence-corrected chi connectivity index (χ4v) is 2.02. The molecule has 0 amide bonds. The van der Waals surface area contributed by atoms with Gasteiger partial charge in [-0.2, -0.15) is 0 Å². The minimum absolute atomic E-state index is 0.759. The fourth-order valence-electron chi connectivity index (χ4n) is 2.02. The molecule has 1 aliphatic rings. The van der Waals surface area contributed by atoms with Crippen molar-refractivity contribution < 1.29 is 0 Å². The molecule has 0 unspecified atom stereocenters. The Bertz CT molecular complexity index is 320. The SMILES string of the molecule is CCN(c1cnccc1CNC)C1CC1. The first-order valence-corrected chi connectivity index (χ1v) is 5.71. The van der Waals surface area contributed by atoms with Crippen LogP contribution in [0, 0.1) is 0 Å². The van der Waals surface area contributed by atoms with Gasteiger partial charge in [0.1, 0.15) is 0 Å². The van der Waals surface area contributed by atoms with Gasteiger partial charge >= 0.3 is 0 Å². The van der Waals surface area contributed by atoms with Crippen LogP contribution in [-0.2, 0) is 6.54 Å². The summed E-state index contributed by atoms with van der Waals surface area (Å²) in [5.74, 6) is 0. The Balaban J connectivity index is 2.23. The van der Waals surface area contributed by atoms with E-state index in [1.165, 1.54) is 24.1 Å². The van der Waals surface area contributed by atoms with E-state index in [2.05, 4.69) is 28.2 Å². The Morgan fingerprint density at radius 3 is 2.93 bits per heavy atom. The Morgan fingerprint density at radius 2 is 2.33 bits per heavy atom. The number of nitrogens with one attached hydrogen (secondary N) is 1. The molecule has 1 heterocycles. The van der Waals surface area contributed by atoms with Crippen molar-refractivity contribution in [1.29, 1.82) is 0 Å². The molecule has 1 fully saturated rings. The highest BCUT2D eigenvalue weighted by Gasteiger charge is 2.29. The van der Waals surface area contributed by atoms with Crippen molar-refractivity contribution in [3.8, 4) is 0 Å². The first-order valence-electron chi connectivity index (χ1n) is 5.71. The second-order valence-corrected chi connectivity index (χ2v) is 4.05. The van der Waals surface area contributed by atoms with Crippen molar-refractivity contribution >= 4 is 5.69 Å². The van der Waals surface area contributed by atoms with Crippen LogP contribution in [0.2, 0.25) is 0 Å². The first-order chi connectivity index (χ1) is 7.36. The van der Waals surface area contributed by atoms with Crippen LogP contribution < -0.4 is 10.2 Å². The second kappa shape index (κ2) is 4.62. The lowest BCUT2D eigenvalue weighted by atomic mass is 10.2. The van der Waals surface area contributed by atoms with E-state index < -0.39 is 0 Å². The van der Waals surface area contributed by atoms with E-state index >= 15 is 0 Å². The third-order valence-corrected chi connectivity index (χ3v) is 2.89. The summed E-state index contributed by atoms with van der Waals surface area (Å²) in [5.41, 5.74) is 2.65. The third-order valence-electron chi connectivity index (χ3n) is 2.89. The van der Waals surface area contributed by atoms with Crippen LogP contribution in [0.25, 0.3) is 0 Å². The number of hydrogen-bond acceptors (Lipinski definition) is 3. The van der Waals surface area contributed by atoms with E-state index in [0.717, 1.165) is 19.1 Å². The molecule has 1 aromatic heterocycles. The molecule has 2 rings (SSSR count). The van der Waals surface area contributed by atoms with E-state index in [9.17, 15) is 0 Å². The van der Waals surface area contributed by atoms with Crippen molar-refractivity contribution in [1.82, 2.24) is 10.3 Å². The molecule has 0 spiro atoms. The van der Waals surface area contributed by atoms with E-state index in [0.29, 0.717) is 0 Å². The van der Waals surface area contributed by atoms with Crippen LogP contribution in [0.1, 0.15) is 25.3 Å². The van der Waals surface area contributed by atoms with E-state index in [-0.39, 0.29) is 0 Å². The Morgan fingerprint density at radius 1 is 1.53 bits per heavy atom. The molecule has 0 bridgehead atoms. The molecule has 1 N–H and O–H groups in total. The Labute approximate surface area is 91.5 Å². The number of hydrogen-bond donors (Lipinski definition) is 1. The monoisotopic (exact) mass is 205 g/mol. The number of rotatable bonds is 5. The van der Waals surface area contributed by atoms with E-state index in [1.54, 1.807) is 0 Å². The lowest BCUT2D eigenvalue weighted by Crippen LogP contribution is -2.27. The van der Waals surface area contributed by atoms with Crippen LogP contribution in [0.15, 0.2) is 18.5 Å². The summed E-state index contributed by atoms with van der Waals surface area (Å²) in [6.07, 6.45) is 6.54. The highest BCUT2D eigenvalue weighted by Crippen LogP contribution is 2.32. The van der Waals surface area contributed by atoms with Crippen LogP contribution in [0.4, 0.5) is 5.69 Å². The highest BCUT2D eigenvalue weighted by molar-refractivity contribution is 5.53. The quantitative estimate of drug-likeness (QED) is 0.794. The van der Waals surface area contributed by atoms with Gasteiger partial charge < -0.3 is 10.2 Å². The van der Waals surface area contributed by atoms with Gasteiger partial charge in [0.15, 0.2) is 0 Å². The van der Waals surface area contributed by atoms with Crippen molar-refractivity contribution in [3.63, 3.8) is 0 Å². The molecule has 0 aliphatic heterocycles. The zero-order chi connectivity index (χ0) is 10.7. The average Bonchev–Trinajstić information content (AvgIpc) is 3.06. The van der Waals surface area contributed by atoms with Gasteiger partial charge in [0, 0.05) is 25.3 Å². The smallest absolute Gasteiger partial charge is 0.0600 e. The lowest BCUT2D eigenvalue weighted by Gasteiger charge is -2.25. The lowest BCUT2D eigenvalue weighted by molar-refractivity contribution is 0.778. The van der Waals surface area contributed by atoms with Crippen LogP contribution in [0.5, 0.6) is 0 Å². The molecule has 0 radical (unpaired) electrons. The van der Waals surface area contributed by atoms with Gasteiger partial charge in [0.2, 0.25) is 0 Å². The predicted molar refractivity (Wildman–Crippen MR) is 63.0 cm³/mol. The van der Waals surface area contributed by atoms with Gasteiger partial charge in [-0.1, -0.05) is 0 Å². The fraction of sp³-hybridized carbons (Fsp3) is 0.583. The van der Waals surface area contributed by atoms with Crippen LogP contribution >= 0.6 is 0 Å². The summed E-state index contributed by atoms with van der Waals surface area (Å²) >= 11 is 0. The summed E-state index contributed by atoms with van der Waals surface area (Å²) in [6.45, 7) is 4.21. The first kappa shape index (κ1) is 10.4. The molecule has 0 aromatic carbocycles. The number of aromatic nitrogens is 1. The molecule has 1 saturated carbocycles. The Hall–Kier alpha value is -1.09. The maximum absolute atomic E-state index is 4.24. The largest absolute Gasteiger partial charge is 0.367 e. The summed E-state index contributed by atoms with van der Waals surface area (Å²) in [6, 6.07) is 2.87. The summed E-state index contributed by atoms with van der Waals surface area (Å²) in [7, 11) is 1.98. The Kier molecular flexibility index (Phi) is 3.21. The normalized spacial score (nSPS) is 15.3. The van der Waals surface area contributed by atoms with Crippen LogP contribution in [-0.4, -0.2) is 24.6 Å². The number of nitrogens with zero attached hydrogens (tertiary/aromatic N) is 2. The summed E-state index contributed by atoms with van der Waals surface area (Å²) in [5, 5.41) is 3.21. The molecule has 1 aromatic rings. The molecule has 15 heavy (non-hydrogen) atoms. The second-order valence-electron chi connectivity index (χ2n) is 4.05. The summed E-state index contributed by atoms with van der Waals surface area (Å²) < 4.78 is 0. The maximum Gasteiger partial charge on any atom is 0.0600 e. The molecule has 3 nitrogen and oxygen atoms in total. The van der Waals surface area contributed by atoms with Gasteiger partial charge in [-0.25, -0.2) is 0 Å². The van der Waals surface area contributed by atoms with Crippen LogP contribution in [0.3, 0.4) is 0 Å². The average molecular weight is 205 g/mol. The molecule has 82 valence electrons. The number of pyridine rings is 1. The van der Waals surface area contributed by atoms with Gasteiger partial charge in [0.05, 0.1) is 11.9 Å². The maximum atomic E-state index is 4.24. The van der Waals surface area contributed by atoms with Crippen molar-refractivity contribution in [2.75, 3.05) is 18.5 Å². The summed E-state index contributed by atoms with van der Waals surface area (Å²) in [4.78, 5) is 6.71. The molecule has 3 heteroatoms. The van der Waals surface area contributed by atoms with Crippen molar-refractivity contribution in [2.24, 2.45) is 0 Å². The molecule has 0 atom stereocenters. The minimum Gasteiger partial charge on any atom is -0.367 e. The van der Waals surface area contributed by atoms with Crippen molar-refractivity contribution in [3.05, 3.63) is 24.0 Å². The third kappa shape index (κ3) is 2.29.